The lowest BCUT2D eigenvalue weighted by atomic mass is 10.0. The van der Waals surface area contributed by atoms with E-state index in [-0.39, 0.29) is 6.04 Å². The van der Waals surface area contributed by atoms with Crippen LogP contribution in [0.1, 0.15) is 50.6 Å². The van der Waals surface area contributed by atoms with Crippen LogP contribution < -0.4 is 15.4 Å². The molecule has 2 N–H and O–H groups in total. The molecule has 1 aromatic carbocycles. The maximum atomic E-state index is 5.76. The van der Waals surface area contributed by atoms with Gasteiger partial charge in [0.25, 0.3) is 0 Å². The van der Waals surface area contributed by atoms with Gasteiger partial charge in [-0.2, -0.15) is 0 Å². The molecule has 2 fully saturated rings. The van der Waals surface area contributed by atoms with Crippen molar-refractivity contribution in [2.24, 2.45) is 16.3 Å². The van der Waals surface area contributed by atoms with Crippen LogP contribution in [0, 0.1) is 11.3 Å². The first-order valence-corrected chi connectivity index (χ1v) is 9.07. The molecule has 1 aromatic rings. The summed E-state index contributed by atoms with van der Waals surface area (Å²) in [6.07, 6.45) is 6.58. The Labute approximate surface area is 138 Å². The molecule has 2 saturated carbocycles. The van der Waals surface area contributed by atoms with Crippen LogP contribution >= 0.6 is 0 Å². The average molecular weight is 313 g/mol. The predicted octanol–water partition coefficient (Wildman–Crippen LogP) is 3.26. The lowest BCUT2D eigenvalue weighted by Crippen LogP contribution is -2.41. The number of ether oxygens (including phenoxy) is 1. The summed E-state index contributed by atoms with van der Waals surface area (Å²) < 4.78 is 5.76. The Kier molecular flexibility index (Phi) is 3.92. The van der Waals surface area contributed by atoms with Crippen molar-refractivity contribution in [1.29, 1.82) is 0 Å². The molecule has 0 saturated heterocycles. The summed E-state index contributed by atoms with van der Waals surface area (Å²) in [5.41, 5.74) is 1.79. The van der Waals surface area contributed by atoms with Crippen molar-refractivity contribution in [3.63, 3.8) is 0 Å². The van der Waals surface area contributed by atoms with Crippen LogP contribution in [0.25, 0.3) is 0 Å². The van der Waals surface area contributed by atoms with E-state index in [1.54, 1.807) is 0 Å². The molecule has 1 heterocycles. The zero-order valence-electron chi connectivity index (χ0n) is 14.0. The van der Waals surface area contributed by atoms with Gasteiger partial charge in [0.05, 0.1) is 12.6 Å². The number of para-hydroxylation sites is 1. The van der Waals surface area contributed by atoms with Crippen molar-refractivity contribution in [2.45, 2.75) is 45.1 Å². The molecule has 1 aliphatic heterocycles. The molecule has 0 radical (unpaired) electrons. The van der Waals surface area contributed by atoms with Crippen LogP contribution in [0.3, 0.4) is 0 Å². The Morgan fingerprint density at radius 1 is 1.26 bits per heavy atom. The number of guanidine groups is 1. The number of nitrogens with zero attached hydrogens (tertiary/aromatic N) is 1. The van der Waals surface area contributed by atoms with Crippen molar-refractivity contribution in [1.82, 2.24) is 10.6 Å². The second-order valence-electron chi connectivity index (χ2n) is 7.20. The monoisotopic (exact) mass is 313 g/mol. The van der Waals surface area contributed by atoms with Gasteiger partial charge in [-0.05, 0) is 50.0 Å². The van der Waals surface area contributed by atoms with Crippen molar-refractivity contribution >= 4 is 5.96 Å². The number of benzene rings is 1. The fourth-order valence-electron chi connectivity index (χ4n) is 3.77. The standard InChI is InChI=1S/C19H27N3O/c1-2-20-18(21-13-19(10-11-19)14-7-8-14)22-16-9-12-23-17-6-4-3-5-15(16)17/h3-6,14,16H,2,7-13H2,1H3,(H2,20,21,22). The number of hydrogen-bond donors (Lipinski definition) is 2. The number of rotatable bonds is 5. The Bertz CT molecular complexity index is 590. The maximum absolute atomic E-state index is 5.76. The highest BCUT2D eigenvalue weighted by atomic mass is 16.5. The lowest BCUT2D eigenvalue weighted by molar-refractivity contribution is 0.261. The summed E-state index contributed by atoms with van der Waals surface area (Å²) in [7, 11) is 0. The van der Waals surface area contributed by atoms with Gasteiger partial charge in [0.1, 0.15) is 5.75 Å². The summed E-state index contributed by atoms with van der Waals surface area (Å²) in [6, 6.07) is 8.61. The van der Waals surface area contributed by atoms with Gasteiger partial charge in [-0.3, -0.25) is 4.99 Å². The first-order chi connectivity index (χ1) is 11.3. The molecule has 1 unspecified atom stereocenters. The third-order valence-electron chi connectivity index (χ3n) is 5.50. The van der Waals surface area contributed by atoms with Gasteiger partial charge in [0.15, 0.2) is 5.96 Å². The molecule has 2 aliphatic carbocycles. The van der Waals surface area contributed by atoms with E-state index in [2.05, 4.69) is 35.8 Å². The number of aliphatic imine (C=N–C) groups is 1. The van der Waals surface area contributed by atoms with E-state index in [1.165, 1.54) is 31.2 Å². The van der Waals surface area contributed by atoms with Crippen molar-refractivity contribution in [2.75, 3.05) is 19.7 Å². The minimum atomic E-state index is 0.286. The van der Waals surface area contributed by atoms with Crippen LogP contribution in [0.5, 0.6) is 5.75 Å². The fourth-order valence-corrected chi connectivity index (χ4v) is 3.77. The average Bonchev–Trinajstić information content (AvgIpc) is 3.47. The lowest BCUT2D eigenvalue weighted by Gasteiger charge is -2.28. The molecular weight excluding hydrogens is 286 g/mol. The van der Waals surface area contributed by atoms with Crippen LogP contribution in [-0.4, -0.2) is 25.7 Å². The van der Waals surface area contributed by atoms with Gasteiger partial charge in [-0.15, -0.1) is 0 Å². The second kappa shape index (κ2) is 6.06. The van der Waals surface area contributed by atoms with E-state index < -0.39 is 0 Å². The van der Waals surface area contributed by atoms with E-state index in [1.807, 2.05) is 6.07 Å². The summed E-state index contributed by atoms with van der Waals surface area (Å²) >= 11 is 0. The maximum Gasteiger partial charge on any atom is 0.191 e. The number of nitrogens with one attached hydrogen (secondary N) is 2. The Morgan fingerprint density at radius 3 is 2.83 bits per heavy atom. The van der Waals surface area contributed by atoms with Gasteiger partial charge in [0, 0.05) is 25.1 Å². The third kappa shape index (κ3) is 3.17. The second-order valence-corrected chi connectivity index (χ2v) is 7.20. The molecule has 4 rings (SSSR count). The highest BCUT2D eigenvalue weighted by Gasteiger charge is 2.53. The Hall–Kier alpha value is -1.71. The first kappa shape index (κ1) is 14.9. The van der Waals surface area contributed by atoms with Gasteiger partial charge in [-0.25, -0.2) is 0 Å². The van der Waals surface area contributed by atoms with Gasteiger partial charge < -0.3 is 15.4 Å². The summed E-state index contributed by atoms with van der Waals surface area (Å²) in [4.78, 5) is 4.93. The Balaban J connectivity index is 1.46. The predicted molar refractivity (Wildman–Crippen MR) is 92.8 cm³/mol. The molecular formula is C19H27N3O. The summed E-state index contributed by atoms with van der Waals surface area (Å²) in [5, 5.41) is 7.05. The number of hydrogen-bond acceptors (Lipinski definition) is 2. The van der Waals surface area contributed by atoms with E-state index in [4.69, 9.17) is 9.73 Å². The van der Waals surface area contributed by atoms with Crippen LogP contribution in [0.2, 0.25) is 0 Å². The molecule has 0 bridgehead atoms. The molecule has 4 nitrogen and oxygen atoms in total. The molecule has 23 heavy (non-hydrogen) atoms. The zero-order valence-corrected chi connectivity index (χ0v) is 14.0. The van der Waals surface area contributed by atoms with Crippen LogP contribution in [0.15, 0.2) is 29.3 Å². The van der Waals surface area contributed by atoms with E-state index in [9.17, 15) is 0 Å². The molecule has 0 aromatic heterocycles. The third-order valence-corrected chi connectivity index (χ3v) is 5.50. The summed E-state index contributed by atoms with van der Waals surface area (Å²) in [5.74, 6) is 2.92. The molecule has 0 spiro atoms. The van der Waals surface area contributed by atoms with Gasteiger partial charge in [0.2, 0.25) is 0 Å². The highest BCUT2D eigenvalue weighted by Crippen LogP contribution is 2.61. The quantitative estimate of drug-likeness (QED) is 0.648. The first-order valence-electron chi connectivity index (χ1n) is 9.07. The van der Waals surface area contributed by atoms with Crippen molar-refractivity contribution in [3.05, 3.63) is 29.8 Å². The molecule has 124 valence electrons. The van der Waals surface area contributed by atoms with Crippen molar-refractivity contribution in [3.8, 4) is 5.75 Å². The largest absolute Gasteiger partial charge is 0.493 e. The fraction of sp³-hybridized carbons (Fsp3) is 0.632. The van der Waals surface area contributed by atoms with E-state index in [0.717, 1.165) is 43.7 Å². The van der Waals surface area contributed by atoms with E-state index >= 15 is 0 Å². The normalized spacial score (nSPS) is 25.3. The van der Waals surface area contributed by atoms with Crippen molar-refractivity contribution < 1.29 is 4.74 Å². The molecule has 0 amide bonds. The number of fused-ring (bicyclic) bond motifs is 1. The molecule has 1 atom stereocenters. The van der Waals surface area contributed by atoms with Crippen LogP contribution in [-0.2, 0) is 0 Å². The van der Waals surface area contributed by atoms with Gasteiger partial charge in [-0.1, -0.05) is 18.2 Å². The van der Waals surface area contributed by atoms with Gasteiger partial charge >= 0.3 is 0 Å². The minimum absolute atomic E-state index is 0.286. The molecule has 4 heteroatoms. The zero-order chi connectivity index (χ0) is 15.7. The SMILES string of the molecule is CCNC(=NCC1(C2CC2)CC1)NC1CCOc2ccccc21. The smallest absolute Gasteiger partial charge is 0.191 e. The van der Waals surface area contributed by atoms with E-state index in [0.29, 0.717) is 5.41 Å². The summed E-state index contributed by atoms with van der Waals surface area (Å²) in [6.45, 7) is 4.77. The Morgan fingerprint density at radius 2 is 2.09 bits per heavy atom. The van der Waals surface area contributed by atoms with Crippen LogP contribution in [0.4, 0.5) is 0 Å². The molecule has 3 aliphatic rings. The topological polar surface area (TPSA) is 45.7 Å². The minimum Gasteiger partial charge on any atom is -0.493 e. The highest BCUT2D eigenvalue weighted by molar-refractivity contribution is 5.80.